The molecule has 0 aliphatic carbocycles. The Kier molecular flexibility index (Phi) is 5.37. The standard InChI is InChI=1S/C13H14ClN3O2.ClH/c14-10-3-1-9(2-4-10)7-12-16-13(19-17-12)11-8-18-6-5-15-11;/h1-4,11,15H,5-8H2;1H. The van der Waals surface area contributed by atoms with Gasteiger partial charge in [-0.2, -0.15) is 4.98 Å². The first-order valence-electron chi connectivity index (χ1n) is 6.19. The SMILES string of the molecule is Cl.Clc1ccc(Cc2noc(C3COCCN3)n2)cc1. The number of halogens is 2. The van der Waals surface area contributed by atoms with Crippen LogP contribution >= 0.6 is 24.0 Å². The monoisotopic (exact) mass is 315 g/mol. The van der Waals surface area contributed by atoms with Crippen molar-refractivity contribution in [2.75, 3.05) is 19.8 Å². The number of nitrogens with one attached hydrogen (secondary N) is 1. The Balaban J connectivity index is 0.00000147. The number of ether oxygens (including phenoxy) is 1. The van der Waals surface area contributed by atoms with Crippen molar-refractivity contribution in [2.24, 2.45) is 0 Å². The van der Waals surface area contributed by atoms with E-state index >= 15 is 0 Å². The molecule has 1 unspecified atom stereocenters. The van der Waals surface area contributed by atoms with Crippen LogP contribution in [0.25, 0.3) is 0 Å². The fourth-order valence-electron chi connectivity index (χ4n) is 1.99. The molecule has 20 heavy (non-hydrogen) atoms. The summed E-state index contributed by atoms with van der Waals surface area (Å²) in [6.07, 6.45) is 0.633. The van der Waals surface area contributed by atoms with E-state index in [1.165, 1.54) is 0 Å². The van der Waals surface area contributed by atoms with Crippen LogP contribution in [0.5, 0.6) is 0 Å². The van der Waals surface area contributed by atoms with E-state index in [1.807, 2.05) is 24.3 Å². The highest BCUT2D eigenvalue weighted by Gasteiger charge is 2.21. The van der Waals surface area contributed by atoms with Crippen LogP contribution in [-0.4, -0.2) is 29.9 Å². The quantitative estimate of drug-likeness (QED) is 0.942. The molecule has 0 saturated carbocycles. The minimum absolute atomic E-state index is 0. The van der Waals surface area contributed by atoms with Gasteiger partial charge in [0.25, 0.3) is 0 Å². The Morgan fingerprint density at radius 1 is 1.30 bits per heavy atom. The van der Waals surface area contributed by atoms with Crippen LogP contribution in [0.2, 0.25) is 5.02 Å². The van der Waals surface area contributed by atoms with Gasteiger partial charge in [0, 0.05) is 18.0 Å². The molecule has 0 radical (unpaired) electrons. The number of benzene rings is 1. The highest BCUT2D eigenvalue weighted by Crippen LogP contribution is 2.16. The van der Waals surface area contributed by atoms with Crippen molar-refractivity contribution in [1.82, 2.24) is 15.5 Å². The Bertz CT molecular complexity index is 539. The number of nitrogens with zero attached hydrogens (tertiary/aromatic N) is 2. The van der Waals surface area contributed by atoms with Gasteiger partial charge in [-0.25, -0.2) is 0 Å². The van der Waals surface area contributed by atoms with Crippen molar-refractivity contribution >= 4 is 24.0 Å². The number of rotatable bonds is 3. The van der Waals surface area contributed by atoms with Gasteiger partial charge in [-0.3, -0.25) is 0 Å². The van der Waals surface area contributed by atoms with Crippen LogP contribution in [0.4, 0.5) is 0 Å². The molecule has 0 spiro atoms. The third-order valence-electron chi connectivity index (χ3n) is 2.98. The Hall–Kier alpha value is -1.14. The third kappa shape index (κ3) is 3.70. The summed E-state index contributed by atoms with van der Waals surface area (Å²) in [5, 5.41) is 8.00. The van der Waals surface area contributed by atoms with E-state index in [0.29, 0.717) is 24.7 Å². The molecule has 5 nitrogen and oxygen atoms in total. The molecule has 2 heterocycles. The second-order valence-electron chi connectivity index (χ2n) is 4.43. The smallest absolute Gasteiger partial charge is 0.246 e. The summed E-state index contributed by atoms with van der Waals surface area (Å²) in [7, 11) is 0. The number of aromatic nitrogens is 2. The highest BCUT2D eigenvalue weighted by molar-refractivity contribution is 6.30. The van der Waals surface area contributed by atoms with Gasteiger partial charge in [0.2, 0.25) is 5.89 Å². The Morgan fingerprint density at radius 3 is 2.80 bits per heavy atom. The van der Waals surface area contributed by atoms with Crippen molar-refractivity contribution in [3.05, 3.63) is 46.6 Å². The summed E-state index contributed by atoms with van der Waals surface area (Å²) in [4.78, 5) is 4.40. The molecule has 0 amide bonds. The van der Waals surface area contributed by atoms with Gasteiger partial charge in [-0.05, 0) is 17.7 Å². The number of hydrogen-bond acceptors (Lipinski definition) is 5. The van der Waals surface area contributed by atoms with Crippen molar-refractivity contribution in [2.45, 2.75) is 12.5 Å². The summed E-state index contributed by atoms with van der Waals surface area (Å²) in [6, 6.07) is 7.63. The van der Waals surface area contributed by atoms with Crippen LogP contribution in [0.3, 0.4) is 0 Å². The van der Waals surface area contributed by atoms with Crippen LogP contribution in [0, 0.1) is 0 Å². The predicted molar refractivity (Wildman–Crippen MR) is 77.4 cm³/mol. The zero-order chi connectivity index (χ0) is 13.1. The maximum Gasteiger partial charge on any atom is 0.246 e. The Labute approximate surface area is 128 Å². The lowest BCUT2D eigenvalue weighted by Gasteiger charge is -2.20. The van der Waals surface area contributed by atoms with E-state index in [-0.39, 0.29) is 18.4 Å². The van der Waals surface area contributed by atoms with Gasteiger partial charge in [-0.1, -0.05) is 28.9 Å². The van der Waals surface area contributed by atoms with Crippen LogP contribution in [0.15, 0.2) is 28.8 Å². The molecule has 7 heteroatoms. The average molecular weight is 316 g/mol. The molecule has 1 aromatic carbocycles. The minimum atomic E-state index is 0. The van der Waals surface area contributed by atoms with Crippen molar-refractivity contribution in [1.29, 1.82) is 0 Å². The van der Waals surface area contributed by atoms with Gasteiger partial charge < -0.3 is 14.6 Å². The molecule has 1 aliphatic heterocycles. The predicted octanol–water partition coefficient (Wildman–Crippen LogP) is 2.40. The summed E-state index contributed by atoms with van der Waals surface area (Å²) in [5.74, 6) is 1.26. The largest absolute Gasteiger partial charge is 0.378 e. The zero-order valence-corrected chi connectivity index (χ0v) is 12.3. The van der Waals surface area contributed by atoms with Crippen molar-refractivity contribution in [3.8, 4) is 0 Å². The fraction of sp³-hybridized carbons (Fsp3) is 0.385. The molecule has 108 valence electrons. The number of morpholine rings is 1. The average Bonchev–Trinajstić information content (AvgIpc) is 2.91. The second kappa shape index (κ2) is 7.04. The molecule has 1 N–H and O–H groups in total. The Morgan fingerprint density at radius 2 is 2.10 bits per heavy atom. The van der Waals surface area contributed by atoms with E-state index in [4.69, 9.17) is 20.9 Å². The van der Waals surface area contributed by atoms with E-state index in [2.05, 4.69) is 15.5 Å². The zero-order valence-electron chi connectivity index (χ0n) is 10.7. The van der Waals surface area contributed by atoms with Crippen LogP contribution in [0.1, 0.15) is 23.3 Å². The van der Waals surface area contributed by atoms with Gasteiger partial charge in [-0.15, -0.1) is 12.4 Å². The first-order valence-corrected chi connectivity index (χ1v) is 6.57. The van der Waals surface area contributed by atoms with Gasteiger partial charge >= 0.3 is 0 Å². The van der Waals surface area contributed by atoms with Crippen LogP contribution in [-0.2, 0) is 11.2 Å². The van der Waals surface area contributed by atoms with E-state index in [0.717, 1.165) is 23.7 Å². The molecule has 1 atom stereocenters. The first kappa shape index (κ1) is 15.3. The minimum Gasteiger partial charge on any atom is -0.378 e. The third-order valence-corrected chi connectivity index (χ3v) is 3.23. The summed E-state index contributed by atoms with van der Waals surface area (Å²) < 4.78 is 10.6. The molecule has 1 saturated heterocycles. The molecule has 1 aromatic heterocycles. The second-order valence-corrected chi connectivity index (χ2v) is 4.87. The number of hydrogen-bond donors (Lipinski definition) is 1. The van der Waals surface area contributed by atoms with Gasteiger partial charge in [0.1, 0.15) is 6.04 Å². The lowest BCUT2D eigenvalue weighted by atomic mass is 10.1. The maximum atomic E-state index is 5.85. The molecule has 3 rings (SSSR count). The van der Waals surface area contributed by atoms with E-state index in [9.17, 15) is 0 Å². The maximum absolute atomic E-state index is 5.85. The summed E-state index contributed by atoms with van der Waals surface area (Å²) in [5.41, 5.74) is 1.10. The lowest BCUT2D eigenvalue weighted by Crippen LogP contribution is -2.34. The van der Waals surface area contributed by atoms with Gasteiger partial charge in [0.05, 0.1) is 13.2 Å². The van der Waals surface area contributed by atoms with Crippen LogP contribution < -0.4 is 5.32 Å². The van der Waals surface area contributed by atoms with Crippen molar-refractivity contribution in [3.63, 3.8) is 0 Å². The molecule has 1 aliphatic rings. The topological polar surface area (TPSA) is 60.2 Å². The molecule has 0 bridgehead atoms. The van der Waals surface area contributed by atoms with Crippen molar-refractivity contribution < 1.29 is 9.26 Å². The normalized spacial score (nSPS) is 18.6. The first-order chi connectivity index (χ1) is 9.31. The highest BCUT2D eigenvalue weighted by atomic mass is 35.5. The molecular weight excluding hydrogens is 301 g/mol. The van der Waals surface area contributed by atoms with E-state index < -0.39 is 0 Å². The molecule has 1 fully saturated rings. The van der Waals surface area contributed by atoms with E-state index in [1.54, 1.807) is 0 Å². The molecular formula is C13H15Cl2N3O2. The lowest BCUT2D eigenvalue weighted by molar-refractivity contribution is 0.0659. The summed E-state index contributed by atoms with van der Waals surface area (Å²) >= 11 is 5.85. The summed E-state index contributed by atoms with van der Waals surface area (Å²) in [6.45, 7) is 2.10. The fourth-order valence-corrected chi connectivity index (χ4v) is 2.12. The van der Waals surface area contributed by atoms with Gasteiger partial charge in [0.15, 0.2) is 5.82 Å². The molecule has 2 aromatic rings.